The van der Waals surface area contributed by atoms with Crippen LogP contribution in [0.15, 0.2) is 30.3 Å². The minimum Gasteiger partial charge on any atom is -0.388 e. The third-order valence-corrected chi connectivity index (χ3v) is 4.47. The quantitative estimate of drug-likeness (QED) is 0.772. The lowest BCUT2D eigenvalue weighted by molar-refractivity contribution is -0.137. The number of ether oxygens (including phenoxy) is 1. The Hall–Kier alpha value is -1.39. The molecule has 2 rings (SSSR count). The fourth-order valence-electron chi connectivity index (χ4n) is 3.14. The minimum absolute atomic E-state index is 0.0628. The van der Waals surface area contributed by atoms with Crippen LogP contribution in [0, 0.1) is 0 Å². The average molecular weight is 319 g/mol. The molecule has 0 heterocycles. The van der Waals surface area contributed by atoms with Crippen LogP contribution in [0.5, 0.6) is 0 Å². The fraction of sp³-hybridized carbons (Fsp3) is 0.632. The Balaban J connectivity index is 1.80. The molecule has 3 atom stereocenters. The second-order valence-corrected chi connectivity index (χ2v) is 6.51. The van der Waals surface area contributed by atoms with Crippen LogP contribution in [0.2, 0.25) is 0 Å². The summed E-state index contributed by atoms with van der Waals surface area (Å²) in [6.45, 7) is 3.90. The molecule has 2 N–H and O–H groups in total. The zero-order valence-electron chi connectivity index (χ0n) is 14.2. The summed E-state index contributed by atoms with van der Waals surface area (Å²) in [6, 6.07) is 9.44. The summed E-state index contributed by atoms with van der Waals surface area (Å²) in [6.07, 6.45) is 4.97. The van der Waals surface area contributed by atoms with Gasteiger partial charge in [0.2, 0.25) is 5.91 Å². The highest BCUT2D eigenvalue weighted by molar-refractivity contribution is 5.81. The number of hydrogen-bond acceptors (Lipinski definition) is 3. The third kappa shape index (κ3) is 5.63. The van der Waals surface area contributed by atoms with E-state index in [1.165, 1.54) is 12.8 Å². The van der Waals surface area contributed by atoms with E-state index < -0.39 is 6.10 Å². The maximum atomic E-state index is 12.4. The number of carbonyl (C=O) groups excluding carboxylic acids is 1. The molecule has 1 aromatic rings. The van der Waals surface area contributed by atoms with Crippen molar-refractivity contribution >= 4 is 5.91 Å². The molecule has 1 aromatic carbocycles. The van der Waals surface area contributed by atoms with E-state index in [4.69, 9.17) is 4.74 Å². The predicted molar refractivity (Wildman–Crippen MR) is 91.0 cm³/mol. The molecule has 0 saturated heterocycles. The number of rotatable bonds is 8. The minimum atomic E-state index is -0.567. The van der Waals surface area contributed by atoms with Crippen molar-refractivity contribution in [3.05, 3.63) is 35.9 Å². The summed E-state index contributed by atoms with van der Waals surface area (Å²) in [5.74, 6) is -0.0628. The first-order valence-corrected chi connectivity index (χ1v) is 8.79. The van der Waals surface area contributed by atoms with E-state index >= 15 is 0 Å². The molecule has 4 heteroatoms. The Kier molecular flexibility index (Phi) is 7.06. The molecule has 1 fully saturated rings. The molecule has 0 bridgehead atoms. The Bertz CT molecular complexity index is 471. The zero-order valence-corrected chi connectivity index (χ0v) is 14.2. The van der Waals surface area contributed by atoms with Crippen LogP contribution < -0.4 is 5.32 Å². The standard InChI is InChI=1S/C19H29NO3/c1-3-18(23-16-11-7-8-12-16)19(22)20-14(2)13-17(21)15-9-5-4-6-10-15/h4-6,9-10,14,16-18,21H,3,7-8,11-13H2,1-2H3,(H,20,22). The molecule has 0 radical (unpaired) electrons. The third-order valence-electron chi connectivity index (χ3n) is 4.47. The van der Waals surface area contributed by atoms with Gasteiger partial charge in [-0.05, 0) is 38.2 Å². The van der Waals surface area contributed by atoms with Gasteiger partial charge in [0.05, 0.1) is 12.2 Å². The second-order valence-electron chi connectivity index (χ2n) is 6.51. The van der Waals surface area contributed by atoms with Gasteiger partial charge in [-0.1, -0.05) is 50.1 Å². The molecule has 1 amide bonds. The maximum absolute atomic E-state index is 12.4. The van der Waals surface area contributed by atoms with Crippen molar-refractivity contribution in [3.8, 4) is 0 Å². The first-order valence-electron chi connectivity index (χ1n) is 8.79. The van der Waals surface area contributed by atoms with Crippen LogP contribution >= 0.6 is 0 Å². The van der Waals surface area contributed by atoms with Crippen molar-refractivity contribution in [1.82, 2.24) is 5.32 Å². The number of aliphatic hydroxyl groups is 1. The van der Waals surface area contributed by atoms with Crippen molar-refractivity contribution in [2.45, 2.75) is 76.7 Å². The lowest BCUT2D eigenvalue weighted by Gasteiger charge is -2.24. The highest BCUT2D eigenvalue weighted by atomic mass is 16.5. The van der Waals surface area contributed by atoms with E-state index in [1.807, 2.05) is 44.2 Å². The van der Waals surface area contributed by atoms with Gasteiger partial charge in [0, 0.05) is 6.04 Å². The van der Waals surface area contributed by atoms with Crippen LogP contribution in [0.25, 0.3) is 0 Å². The van der Waals surface area contributed by atoms with E-state index in [9.17, 15) is 9.90 Å². The normalized spacial score (nSPS) is 19.3. The van der Waals surface area contributed by atoms with Gasteiger partial charge in [-0.2, -0.15) is 0 Å². The number of aliphatic hydroxyl groups excluding tert-OH is 1. The van der Waals surface area contributed by atoms with Gasteiger partial charge in [0.1, 0.15) is 6.10 Å². The van der Waals surface area contributed by atoms with Crippen LogP contribution in [0.4, 0.5) is 0 Å². The molecule has 23 heavy (non-hydrogen) atoms. The first-order chi connectivity index (χ1) is 11.1. The monoisotopic (exact) mass is 319 g/mol. The second kappa shape index (κ2) is 9.04. The summed E-state index contributed by atoms with van der Waals surface area (Å²) in [7, 11) is 0. The SMILES string of the molecule is CCC(OC1CCCC1)C(=O)NC(C)CC(O)c1ccccc1. The first kappa shape index (κ1) is 18.0. The summed E-state index contributed by atoms with van der Waals surface area (Å²) in [5, 5.41) is 13.2. The van der Waals surface area contributed by atoms with Crippen molar-refractivity contribution in [1.29, 1.82) is 0 Å². The van der Waals surface area contributed by atoms with Gasteiger partial charge < -0.3 is 15.2 Å². The fourth-order valence-corrected chi connectivity index (χ4v) is 3.14. The van der Waals surface area contributed by atoms with Gasteiger partial charge in [-0.15, -0.1) is 0 Å². The lowest BCUT2D eigenvalue weighted by atomic mass is 10.0. The van der Waals surface area contributed by atoms with Crippen molar-refractivity contribution in [3.63, 3.8) is 0 Å². The molecule has 4 nitrogen and oxygen atoms in total. The van der Waals surface area contributed by atoms with E-state index in [-0.39, 0.29) is 24.2 Å². The highest BCUT2D eigenvalue weighted by Gasteiger charge is 2.25. The Morgan fingerprint density at radius 1 is 1.30 bits per heavy atom. The predicted octanol–water partition coefficient (Wildman–Crippen LogP) is 3.35. The van der Waals surface area contributed by atoms with E-state index in [0.29, 0.717) is 12.8 Å². The largest absolute Gasteiger partial charge is 0.388 e. The van der Waals surface area contributed by atoms with E-state index in [0.717, 1.165) is 18.4 Å². The lowest BCUT2D eigenvalue weighted by Crippen LogP contribution is -2.42. The molecular formula is C19H29NO3. The molecule has 0 aromatic heterocycles. The van der Waals surface area contributed by atoms with Crippen LogP contribution in [0.1, 0.15) is 64.0 Å². The molecule has 0 spiro atoms. The van der Waals surface area contributed by atoms with Crippen molar-refractivity contribution < 1.29 is 14.6 Å². The number of hydrogen-bond donors (Lipinski definition) is 2. The smallest absolute Gasteiger partial charge is 0.249 e. The van der Waals surface area contributed by atoms with Crippen molar-refractivity contribution in [2.24, 2.45) is 0 Å². The number of carbonyl (C=O) groups is 1. The molecule has 128 valence electrons. The van der Waals surface area contributed by atoms with Gasteiger partial charge in [0.15, 0.2) is 0 Å². The Labute approximate surface area is 139 Å². The molecule has 1 aliphatic rings. The van der Waals surface area contributed by atoms with Crippen LogP contribution in [-0.4, -0.2) is 29.3 Å². The van der Waals surface area contributed by atoms with Gasteiger partial charge >= 0.3 is 0 Å². The van der Waals surface area contributed by atoms with Gasteiger partial charge in [0.25, 0.3) is 0 Å². The average Bonchev–Trinajstić information content (AvgIpc) is 3.06. The van der Waals surface area contributed by atoms with Crippen LogP contribution in [0.3, 0.4) is 0 Å². The van der Waals surface area contributed by atoms with Gasteiger partial charge in [-0.25, -0.2) is 0 Å². The van der Waals surface area contributed by atoms with Gasteiger partial charge in [-0.3, -0.25) is 4.79 Å². The number of amides is 1. The molecular weight excluding hydrogens is 290 g/mol. The number of benzene rings is 1. The molecule has 1 saturated carbocycles. The van der Waals surface area contributed by atoms with Crippen molar-refractivity contribution in [2.75, 3.05) is 0 Å². The van der Waals surface area contributed by atoms with Crippen LogP contribution in [-0.2, 0) is 9.53 Å². The Morgan fingerprint density at radius 2 is 1.96 bits per heavy atom. The molecule has 3 unspecified atom stereocenters. The molecule has 1 aliphatic carbocycles. The maximum Gasteiger partial charge on any atom is 0.249 e. The summed E-state index contributed by atoms with van der Waals surface area (Å²) in [4.78, 5) is 12.4. The van der Waals surface area contributed by atoms with E-state index in [1.54, 1.807) is 0 Å². The van der Waals surface area contributed by atoms with E-state index in [2.05, 4.69) is 5.32 Å². The highest BCUT2D eigenvalue weighted by Crippen LogP contribution is 2.23. The zero-order chi connectivity index (χ0) is 16.7. The molecule has 0 aliphatic heterocycles. The number of nitrogens with one attached hydrogen (secondary N) is 1. The topological polar surface area (TPSA) is 58.6 Å². The Morgan fingerprint density at radius 3 is 2.57 bits per heavy atom. The summed E-state index contributed by atoms with van der Waals surface area (Å²) >= 11 is 0. The summed E-state index contributed by atoms with van der Waals surface area (Å²) < 4.78 is 5.94. The summed E-state index contributed by atoms with van der Waals surface area (Å²) in [5.41, 5.74) is 0.878.